The van der Waals surface area contributed by atoms with Crippen LogP contribution in [0, 0.1) is 0 Å². The third kappa shape index (κ3) is 7.82. The maximum absolute atomic E-state index is 11.2. The lowest BCUT2D eigenvalue weighted by atomic mass is 10.3. The Labute approximate surface area is 54.0 Å². The molecule has 0 aliphatic heterocycles. The molecule has 0 N–H and O–H groups in total. The summed E-state index contributed by atoms with van der Waals surface area (Å²) in [5.74, 6) is 0. The highest BCUT2D eigenvalue weighted by Gasteiger charge is 1.98. The summed E-state index contributed by atoms with van der Waals surface area (Å²) in [5, 5.41) is 0. The van der Waals surface area contributed by atoms with Crippen LogP contribution in [0.15, 0.2) is 0 Å². The largest absolute Gasteiger partial charge is 0.345 e. The minimum Gasteiger partial charge on any atom is -0.323 e. The van der Waals surface area contributed by atoms with E-state index in [0.717, 1.165) is 19.3 Å². The van der Waals surface area contributed by atoms with Crippen LogP contribution in [-0.2, 0) is 4.74 Å². The summed E-state index contributed by atoms with van der Waals surface area (Å²) in [4.78, 5) is 0. The lowest BCUT2D eigenvalue weighted by Gasteiger charge is -1.99. The average Bonchev–Trinajstić information content (AvgIpc) is 1.80. The highest BCUT2D eigenvalue weighted by atomic mass is 19.3. The van der Waals surface area contributed by atoms with Crippen LogP contribution in [-0.4, -0.2) is 13.2 Å². The molecule has 0 saturated heterocycles. The predicted octanol–water partition coefficient (Wildman–Crippen LogP) is 2.42. The van der Waals surface area contributed by atoms with Gasteiger partial charge in [0.1, 0.15) is 0 Å². The van der Waals surface area contributed by atoms with Crippen LogP contribution in [0.25, 0.3) is 0 Å². The summed E-state index contributed by atoms with van der Waals surface area (Å²) in [6.45, 7) is -0.393. The Morgan fingerprint density at radius 2 is 2.00 bits per heavy atom. The van der Waals surface area contributed by atoms with Gasteiger partial charge in [-0.25, -0.2) is 0 Å². The fourth-order valence-electron chi connectivity index (χ4n) is 0.524. The normalized spacial score (nSPS) is 10.7. The van der Waals surface area contributed by atoms with Gasteiger partial charge >= 0.3 is 6.61 Å². The van der Waals surface area contributed by atoms with Gasteiger partial charge in [0.25, 0.3) is 0 Å². The van der Waals surface area contributed by atoms with Crippen molar-refractivity contribution in [3.05, 3.63) is 0 Å². The van der Waals surface area contributed by atoms with Crippen LogP contribution >= 0.6 is 0 Å². The molecule has 0 aliphatic carbocycles. The fourth-order valence-corrected chi connectivity index (χ4v) is 0.524. The van der Waals surface area contributed by atoms with Crippen molar-refractivity contribution in [3.8, 4) is 0 Å². The summed E-state index contributed by atoms with van der Waals surface area (Å²) >= 11 is 0. The topological polar surface area (TPSA) is 9.23 Å². The number of rotatable bonds is 5. The van der Waals surface area contributed by atoms with E-state index in [1.54, 1.807) is 0 Å². The van der Waals surface area contributed by atoms with Crippen LogP contribution in [0.2, 0.25) is 0 Å². The Morgan fingerprint density at radius 3 is 2.44 bits per heavy atom. The number of halogens is 2. The molecule has 9 heavy (non-hydrogen) atoms. The zero-order chi connectivity index (χ0) is 7.11. The Kier molecular flexibility index (Phi) is 5.83. The van der Waals surface area contributed by atoms with Crippen molar-refractivity contribution in [3.63, 3.8) is 0 Å². The molecule has 0 heterocycles. The Hall–Kier alpha value is -0.180. The van der Waals surface area contributed by atoms with Crippen LogP contribution in [0.5, 0.6) is 0 Å². The fraction of sp³-hybridized carbons (Fsp3) is 1.00. The molecule has 0 fully saturated rings. The van der Waals surface area contributed by atoms with Crippen LogP contribution in [0.4, 0.5) is 8.78 Å². The van der Waals surface area contributed by atoms with Gasteiger partial charge in [0, 0.05) is 0 Å². The minimum absolute atomic E-state index is 0.186. The average molecular weight is 138 g/mol. The number of hydrogen-bond donors (Lipinski definition) is 0. The molecule has 0 rings (SSSR count). The molecule has 0 aromatic rings. The van der Waals surface area contributed by atoms with Gasteiger partial charge in [0.15, 0.2) is 0 Å². The zero-order valence-corrected chi connectivity index (χ0v) is 5.57. The molecule has 3 heteroatoms. The van der Waals surface area contributed by atoms with Crippen molar-refractivity contribution in [1.82, 2.24) is 0 Å². The van der Waals surface area contributed by atoms with Gasteiger partial charge in [-0.3, -0.25) is 0 Å². The first-order valence-electron chi connectivity index (χ1n) is 3.17. The molecular formula is C6H12F2O. The lowest BCUT2D eigenvalue weighted by molar-refractivity contribution is -0.129. The molecule has 0 aliphatic rings. The highest BCUT2D eigenvalue weighted by molar-refractivity contribution is 4.34. The highest BCUT2D eigenvalue weighted by Crippen LogP contribution is 1.99. The summed E-state index contributed by atoms with van der Waals surface area (Å²) in [6, 6.07) is 0. The Bertz CT molecular complexity index is 57.0. The predicted molar refractivity (Wildman–Crippen MR) is 31.5 cm³/mol. The van der Waals surface area contributed by atoms with E-state index in [1.807, 2.05) is 6.92 Å². The van der Waals surface area contributed by atoms with E-state index in [0.29, 0.717) is 0 Å². The second-order valence-electron chi connectivity index (χ2n) is 1.84. The molecule has 0 aromatic carbocycles. The molecule has 0 aromatic heterocycles. The van der Waals surface area contributed by atoms with E-state index < -0.39 is 6.61 Å². The Balaban J connectivity index is 2.75. The third-order valence-electron chi connectivity index (χ3n) is 0.992. The van der Waals surface area contributed by atoms with Gasteiger partial charge in [-0.2, -0.15) is 8.78 Å². The summed E-state index contributed by atoms with van der Waals surface area (Å²) in [7, 11) is 0. The number of ether oxygens (including phenoxy) is 1. The van der Waals surface area contributed by atoms with Gasteiger partial charge in [-0.05, 0) is 6.42 Å². The SMILES string of the molecule is CCCCCOC(F)F. The van der Waals surface area contributed by atoms with E-state index in [1.165, 1.54) is 0 Å². The molecule has 1 nitrogen and oxygen atoms in total. The van der Waals surface area contributed by atoms with Crippen molar-refractivity contribution in [1.29, 1.82) is 0 Å². The zero-order valence-electron chi connectivity index (χ0n) is 5.57. The van der Waals surface area contributed by atoms with E-state index in [4.69, 9.17) is 0 Å². The molecule has 0 bridgehead atoms. The second-order valence-corrected chi connectivity index (χ2v) is 1.84. The van der Waals surface area contributed by atoms with E-state index >= 15 is 0 Å². The Morgan fingerprint density at radius 1 is 1.33 bits per heavy atom. The van der Waals surface area contributed by atoms with Crippen molar-refractivity contribution < 1.29 is 13.5 Å². The molecule has 0 atom stereocenters. The quantitative estimate of drug-likeness (QED) is 0.530. The van der Waals surface area contributed by atoms with Crippen molar-refractivity contribution in [2.45, 2.75) is 32.8 Å². The van der Waals surface area contributed by atoms with Crippen LogP contribution in [0.3, 0.4) is 0 Å². The minimum atomic E-state index is -2.60. The number of hydrogen-bond acceptors (Lipinski definition) is 1. The van der Waals surface area contributed by atoms with Gasteiger partial charge in [0.05, 0.1) is 6.61 Å². The molecule has 56 valence electrons. The van der Waals surface area contributed by atoms with Crippen molar-refractivity contribution in [2.75, 3.05) is 6.61 Å². The first-order valence-corrected chi connectivity index (χ1v) is 3.17. The van der Waals surface area contributed by atoms with Crippen LogP contribution in [0.1, 0.15) is 26.2 Å². The molecule has 0 amide bonds. The van der Waals surface area contributed by atoms with Gasteiger partial charge in [-0.15, -0.1) is 0 Å². The number of alkyl halides is 2. The first kappa shape index (κ1) is 8.82. The second kappa shape index (κ2) is 5.95. The van der Waals surface area contributed by atoms with E-state index in [9.17, 15) is 8.78 Å². The van der Waals surface area contributed by atoms with Crippen molar-refractivity contribution in [2.24, 2.45) is 0 Å². The van der Waals surface area contributed by atoms with Crippen molar-refractivity contribution >= 4 is 0 Å². The smallest absolute Gasteiger partial charge is 0.323 e. The standard InChI is InChI=1S/C6H12F2O/c1-2-3-4-5-9-6(7)8/h6H,2-5H2,1H3. The molecule has 0 radical (unpaired) electrons. The molecule has 0 spiro atoms. The summed E-state index contributed by atoms with van der Waals surface area (Å²) < 4.78 is 26.5. The lowest BCUT2D eigenvalue weighted by Crippen LogP contribution is -2.00. The maximum Gasteiger partial charge on any atom is 0.345 e. The van der Waals surface area contributed by atoms with Crippen LogP contribution < -0.4 is 0 Å². The van der Waals surface area contributed by atoms with E-state index in [-0.39, 0.29) is 6.61 Å². The monoisotopic (exact) mass is 138 g/mol. The van der Waals surface area contributed by atoms with Gasteiger partial charge in [-0.1, -0.05) is 19.8 Å². The summed E-state index contributed by atoms with van der Waals surface area (Å²) in [6.07, 6.45) is 2.74. The summed E-state index contributed by atoms with van der Waals surface area (Å²) in [5.41, 5.74) is 0. The molecule has 0 saturated carbocycles. The first-order chi connectivity index (χ1) is 4.27. The van der Waals surface area contributed by atoms with Gasteiger partial charge < -0.3 is 4.74 Å². The molecular weight excluding hydrogens is 126 g/mol. The third-order valence-corrected chi connectivity index (χ3v) is 0.992. The van der Waals surface area contributed by atoms with Gasteiger partial charge in [0.2, 0.25) is 0 Å². The number of unbranched alkanes of at least 4 members (excludes halogenated alkanes) is 2. The molecule has 0 unspecified atom stereocenters. The van der Waals surface area contributed by atoms with E-state index in [2.05, 4.69) is 4.74 Å². The maximum atomic E-state index is 11.2.